The summed E-state index contributed by atoms with van der Waals surface area (Å²) in [6, 6.07) is 6.17. The normalized spacial score (nSPS) is 11.5. The third-order valence-electron chi connectivity index (χ3n) is 2.54. The summed E-state index contributed by atoms with van der Waals surface area (Å²) >= 11 is 0. The molecule has 0 aliphatic carbocycles. The molecule has 5 heteroatoms. The van der Waals surface area contributed by atoms with Crippen molar-refractivity contribution in [2.24, 2.45) is 0 Å². The lowest BCUT2D eigenvalue weighted by molar-refractivity contribution is -0.113. The van der Waals surface area contributed by atoms with E-state index in [1.165, 1.54) is 33.1 Å². The summed E-state index contributed by atoms with van der Waals surface area (Å²) in [5.74, 6) is -0.892. The van der Waals surface area contributed by atoms with Crippen LogP contribution < -0.4 is 4.74 Å². The third kappa shape index (κ3) is 3.28. The number of carbonyl (C=O) groups is 2. The first-order valence-corrected chi connectivity index (χ1v) is 5.57. The van der Waals surface area contributed by atoms with E-state index in [-0.39, 0.29) is 16.9 Å². The number of aliphatic hydroxyl groups excluding tert-OH is 1. The minimum Gasteiger partial charge on any atom is -0.512 e. The highest BCUT2D eigenvalue weighted by atomic mass is 16.5. The molecule has 1 aromatic rings. The monoisotopic (exact) mass is 261 g/mol. The highest BCUT2D eigenvalue weighted by molar-refractivity contribution is 6.55. The Bertz CT molecular complexity index is 551. The van der Waals surface area contributed by atoms with E-state index in [9.17, 15) is 14.7 Å². The minimum absolute atomic E-state index is 0.255. The molecule has 19 heavy (non-hydrogen) atoms. The quantitative estimate of drug-likeness (QED) is 0.368. The van der Waals surface area contributed by atoms with Gasteiger partial charge in [-0.15, -0.1) is 0 Å². The van der Waals surface area contributed by atoms with Gasteiger partial charge < -0.3 is 9.84 Å². The van der Waals surface area contributed by atoms with Gasteiger partial charge in [0.1, 0.15) is 17.2 Å². The fourth-order valence-corrected chi connectivity index (χ4v) is 1.61. The number of methoxy groups -OCH3 is 1. The van der Waals surface area contributed by atoms with Gasteiger partial charge in [-0.1, -0.05) is 0 Å². The van der Waals surface area contributed by atoms with Crippen molar-refractivity contribution >= 4 is 17.3 Å². The number of Topliss-reactive ketones (excluding diaryl/α,β-unsaturated/α-hetero) is 2. The number of ketones is 2. The maximum Gasteiger partial charge on any atom is 0.211 e. The molecular formula is C14H15NO4. The number of benzene rings is 1. The summed E-state index contributed by atoms with van der Waals surface area (Å²) in [4.78, 5) is 23.4. The summed E-state index contributed by atoms with van der Waals surface area (Å²) < 4.78 is 4.96. The van der Waals surface area contributed by atoms with Crippen LogP contribution in [-0.4, -0.2) is 29.5 Å². The predicted molar refractivity (Wildman–Crippen MR) is 71.1 cm³/mol. The Labute approximate surface area is 111 Å². The largest absolute Gasteiger partial charge is 0.512 e. The summed E-state index contributed by atoms with van der Waals surface area (Å²) in [5, 5.41) is 17.1. The van der Waals surface area contributed by atoms with Crippen LogP contribution in [0.2, 0.25) is 0 Å². The van der Waals surface area contributed by atoms with Crippen LogP contribution in [-0.2, 0) is 4.79 Å². The van der Waals surface area contributed by atoms with Gasteiger partial charge in [0.05, 0.1) is 12.7 Å². The fraction of sp³-hybridized carbons (Fsp3) is 0.214. The number of aliphatic hydroxyl groups is 1. The Morgan fingerprint density at radius 3 is 2.05 bits per heavy atom. The molecule has 0 aromatic heterocycles. The highest BCUT2D eigenvalue weighted by Gasteiger charge is 2.22. The second-order valence-electron chi connectivity index (χ2n) is 3.95. The molecule has 0 bridgehead atoms. The van der Waals surface area contributed by atoms with E-state index in [1.54, 1.807) is 12.1 Å². The predicted octanol–water partition coefficient (Wildman–Crippen LogP) is 2.32. The maximum atomic E-state index is 12.0. The molecule has 0 radical (unpaired) electrons. The lowest BCUT2D eigenvalue weighted by Crippen LogP contribution is -2.21. The highest BCUT2D eigenvalue weighted by Crippen LogP contribution is 2.14. The second kappa shape index (κ2) is 5.95. The smallest absolute Gasteiger partial charge is 0.211 e. The van der Waals surface area contributed by atoms with Crippen LogP contribution in [0.1, 0.15) is 24.2 Å². The number of allylic oxidation sites excluding steroid dienone is 2. The SMILES string of the molecule is COc1ccc(C(=O)C(=N)/C(C(C)=O)=C(/C)O)cc1. The van der Waals surface area contributed by atoms with E-state index in [4.69, 9.17) is 10.1 Å². The van der Waals surface area contributed by atoms with Gasteiger partial charge in [0.15, 0.2) is 5.78 Å². The van der Waals surface area contributed by atoms with E-state index in [1.807, 2.05) is 0 Å². The summed E-state index contributed by atoms with van der Waals surface area (Å²) in [7, 11) is 1.50. The van der Waals surface area contributed by atoms with Crippen molar-refractivity contribution in [3.05, 3.63) is 41.2 Å². The first kappa shape index (κ1) is 14.6. The Morgan fingerprint density at radius 1 is 1.16 bits per heavy atom. The van der Waals surface area contributed by atoms with Gasteiger partial charge in [-0.05, 0) is 38.1 Å². The van der Waals surface area contributed by atoms with Crippen molar-refractivity contribution in [1.29, 1.82) is 5.41 Å². The van der Waals surface area contributed by atoms with E-state index in [0.717, 1.165) is 0 Å². The van der Waals surface area contributed by atoms with E-state index in [0.29, 0.717) is 5.75 Å². The molecule has 0 saturated carbocycles. The molecule has 0 spiro atoms. The molecule has 0 unspecified atom stereocenters. The molecule has 0 aliphatic rings. The van der Waals surface area contributed by atoms with Crippen molar-refractivity contribution in [1.82, 2.24) is 0 Å². The molecule has 5 nitrogen and oxygen atoms in total. The molecule has 0 amide bonds. The Hall–Kier alpha value is -2.43. The Kier molecular flexibility index (Phi) is 4.58. The number of rotatable bonds is 5. The average Bonchev–Trinajstić information content (AvgIpc) is 2.37. The van der Waals surface area contributed by atoms with E-state index < -0.39 is 17.3 Å². The van der Waals surface area contributed by atoms with Crippen LogP contribution in [0.5, 0.6) is 5.75 Å². The van der Waals surface area contributed by atoms with Crippen molar-refractivity contribution in [2.75, 3.05) is 7.11 Å². The molecule has 100 valence electrons. The molecule has 2 N–H and O–H groups in total. The van der Waals surface area contributed by atoms with Crippen molar-refractivity contribution < 1.29 is 19.4 Å². The maximum absolute atomic E-state index is 12.0. The minimum atomic E-state index is -0.624. The Balaban J connectivity index is 3.09. The summed E-state index contributed by atoms with van der Waals surface area (Å²) in [6.07, 6.45) is 0. The average molecular weight is 261 g/mol. The number of hydrogen-bond donors (Lipinski definition) is 2. The van der Waals surface area contributed by atoms with Gasteiger partial charge in [-0.2, -0.15) is 0 Å². The zero-order valence-electron chi connectivity index (χ0n) is 11.0. The van der Waals surface area contributed by atoms with Crippen LogP contribution in [0.3, 0.4) is 0 Å². The topological polar surface area (TPSA) is 87.5 Å². The van der Waals surface area contributed by atoms with Crippen LogP contribution in [0, 0.1) is 5.41 Å². The number of carbonyl (C=O) groups excluding carboxylic acids is 2. The molecular weight excluding hydrogens is 246 g/mol. The van der Waals surface area contributed by atoms with Crippen molar-refractivity contribution in [2.45, 2.75) is 13.8 Å². The third-order valence-corrected chi connectivity index (χ3v) is 2.54. The van der Waals surface area contributed by atoms with Crippen molar-refractivity contribution in [3.63, 3.8) is 0 Å². The Morgan fingerprint density at radius 2 is 1.68 bits per heavy atom. The molecule has 0 atom stereocenters. The van der Waals surface area contributed by atoms with Gasteiger partial charge in [-0.25, -0.2) is 0 Å². The first-order valence-electron chi connectivity index (χ1n) is 5.57. The zero-order valence-corrected chi connectivity index (χ0v) is 11.0. The lowest BCUT2D eigenvalue weighted by Gasteiger charge is -2.07. The first-order chi connectivity index (χ1) is 8.88. The van der Waals surface area contributed by atoms with Crippen LogP contribution in [0.15, 0.2) is 35.6 Å². The molecule has 1 aromatic carbocycles. The molecule has 0 aliphatic heterocycles. The molecule has 1 rings (SSSR count). The lowest BCUT2D eigenvalue weighted by atomic mass is 9.97. The van der Waals surface area contributed by atoms with E-state index >= 15 is 0 Å². The van der Waals surface area contributed by atoms with Crippen LogP contribution >= 0.6 is 0 Å². The number of hydrogen-bond acceptors (Lipinski definition) is 5. The molecule has 0 fully saturated rings. The van der Waals surface area contributed by atoms with Gasteiger partial charge in [0.25, 0.3) is 0 Å². The van der Waals surface area contributed by atoms with Gasteiger partial charge in [0.2, 0.25) is 5.78 Å². The van der Waals surface area contributed by atoms with E-state index in [2.05, 4.69) is 0 Å². The number of nitrogens with one attached hydrogen (secondary N) is 1. The van der Waals surface area contributed by atoms with Crippen molar-refractivity contribution in [3.8, 4) is 5.75 Å². The summed E-state index contributed by atoms with van der Waals surface area (Å²) in [5.41, 5.74) is -0.524. The second-order valence-corrected chi connectivity index (χ2v) is 3.95. The van der Waals surface area contributed by atoms with Crippen LogP contribution in [0.25, 0.3) is 0 Å². The van der Waals surface area contributed by atoms with Gasteiger partial charge in [-0.3, -0.25) is 15.0 Å². The van der Waals surface area contributed by atoms with Crippen LogP contribution in [0.4, 0.5) is 0 Å². The number of ether oxygens (including phenoxy) is 1. The molecule has 0 saturated heterocycles. The van der Waals surface area contributed by atoms with Gasteiger partial charge >= 0.3 is 0 Å². The van der Waals surface area contributed by atoms with Gasteiger partial charge in [0, 0.05) is 5.56 Å². The molecule has 0 heterocycles. The zero-order chi connectivity index (χ0) is 14.6. The summed E-state index contributed by atoms with van der Waals surface area (Å²) in [6.45, 7) is 2.47. The standard InChI is InChI=1S/C14H15NO4/c1-8(16)12(9(2)17)13(15)14(18)10-4-6-11(19-3)7-5-10/h4-7,15-16H,1-3H3/b12-8-,15-13?. The fourth-order valence-electron chi connectivity index (χ4n) is 1.61.